The van der Waals surface area contributed by atoms with Crippen molar-refractivity contribution in [3.63, 3.8) is 0 Å². The Kier molecular flexibility index (Phi) is 1.15. The second-order valence-corrected chi connectivity index (χ2v) is 4.01. The molecule has 0 aromatic carbocycles. The van der Waals surface area contributed by atoms with Gasteiger partial charge in [0.15, 0.2) is 0 Å². The second kappa shape index (κ2) is 1.65. The Morgan fingerprint density at radius 3 is 2.67 bits per heavy atom. The van der Waals surface area contributed by atoms with Crippen LogP contribution in [0.5, 0.6) is 0 Å². The summed E-state index contributed by atoms with van der Waals surface area (Å²) >= 11 is 0.917. The molecule has 0 aromatic rings. The summed E-state index contributed by atoms with van der Waals surface area (Å²) in [5.41, 5.74) is 0. The molecule has 0 N–H and O–H groups in total. The van der Waals surface area contributed by atoms with Gasteiger partial charge in [0, 0.05) is 0 Å². The first-order valence-corrected chi connectivity index (χ1v) is 4.33. The summed E-state index contributed by atoms with van der Waals surface area (Å²) in [7, 11) is 0. The number of hydrogen-bond donors (Lipinski definition) is 0. The van der Waals surface area contributed by atoms with Gasteiger partial charge in [0.05, 0.1) is 0 Å². The third-order valence-electron chi connectivity index (χ3n) is 0.957. The van der Waals surface area contributed by atoms with Crippen molar-refractivity contribution in [1.29, 1.82) is 0 Å². The molecule has 1 heteroatoms. The third-order valence-corrected chi connectivity index (χ3v) is 2.51. The van der Waals surface area contributed by atoms with Gasteiger partial charge in [-0.2, -0.15) is 0 Å². The van der Waals surface area contributed by atoms with Crippen molar-refractivity contribution in [3.8, 4) is 0 Å². The third kappa shape index (κ3) is 0.745. The molecule has 0 saturated heterocycles. The summed E-state index contributed by atoms with van der Waals surface area (Å²) in [6, 6.07) is 0. The summed E-state index contributed by atoms with van der Waals surface area (Å²) < 4.78 is 1.59. The van der Waals surface area contributed by atoms with Crippen LogP contribution in [-0.4, -0.2) is 16.5 Å². The quantitative estimate of drug-likeness (QED) is 0.422. The van der Waals surface area contributed by atoms with E-state index in [1.54, 1.807) is 4.41 Å². The van der Waals surface area contributed by atoms with Crippen LogP contribution in [0.4, 0.5) is 0 Å². The van der Waals surface area contributed by atoms with Crippen molar-refractivity contribution in [3.05, 3.63) is 22.6 Å². The minimum atomic E-state index is 0.917. The van der Waals surface area contributed by atoms with E-state index in [0.29, 0.717) is 0 Å². The molecule has 6 heavy (non-hydrogen) atoms. The SMILES string of the molecule is [GeH3][C]1=CCC=C1. The molecular weight excluding hydrogens is 133 g/mol. The monoisotopic (exact) mass is 142 g/mol. The first kappa shape index (κ1) is 4.19. The first-order valence-electron chi connectivity index (χ1n) is 2.23. The predicted molar refractivity (Wildman–Crippen MR) is 31.8 cm³/mol. The van der Waals surface area contributed by atoms with E-state index in [4.69, 9.17) is 0 Å². The summed E-state index contributed by atoms with van der Waals surface area (Å²) in [5.74, 6) is 0. The molecule has 0 radical (unpaired) electrons. The number of hydrogen-bond acceptors (Lipinski definition) is 0. The van der Waals surface area contributed by atoms with Gasteiger partial charge in [-0.15, -0.1) is 0 Å². The van der Waals surface area contributed by atoms with Crippen LogP contribution in [0.3, 0.4) is 0 Å². The van der Waals surface area contributed by atoms with Crippen molar-refractivity contribution in [2.45, 2.75) is 6.42 Å². The van der Waals surface area contributed by atoms with E-state index in [0.717, 1.165) is 16.5 Å². The van der Waals surface area contributed by atoms with Crippen molar-refractivity contribution in [2.24, 2.45) is 0 Å². The van der Waals surface area contributed by atoms with Gasteiger partial charge >= 0.3 is 45.6 Å². The molecule has 1 aliphatic rings. The summed E-state index contributed by atoms with van der Waals surface area (Å²) in [6.07, 6.45) is 7.91. The average molecular weight is 141 g/mol. The maximum absolute atomic E-state index is 2.29. The zero-order valence-corrected chi connectivity index (χ0v) is 8.14. The van der Waals surface area contributed by atoms with E-state index >= 15 is 0 Å². The fourth-order valence-electron chi connectivity index (χ4n) is 0.576. The topological polar surface area (TPSA) is 0 Å². The molecule has 0 unspecified atom stereocenters. The van der Waals surface area contributed by atoms with Gasteiger partial charge in [-0.3, -0.25) is 0 Å². The normalized spacial score (nSPS) is 19.0. The van der Waals surface area contributed by atoms with E-state index in [9.17, 15) is 0 Å². The molecular formula is C5H8Ge. The standard InChI is InChI=1S/C5H8Ge/c6-5-3-1-2-4-5/h1,3-4H,2H2,6H3. The summed E-state index contributed by atoms with van der Waals surface area (Å²) in [5, 5.41) is 0. The molecule has 0 nitrogen and oxygen atoms in total. The minimum absolute atomic E-state index is 0.917. The molecule has 0 aliphatic heterocycles. The molecule has 32 valence electrons. The van der Waals surface area contributed by atoms with Crippen LogP contribution in [0.25, 0.3) is 0 Å². The fourth-order valence-corrected chi connectivity index (χ4v) is 1.56. The predicted octanol–water partition coefficient (Wildman–Crippen LogP) is 0.196. The van der Waals surface area contributed by atoms with Gasteiger partial charge in [-0.05, 0) is 0 Å². The van der Waals surface area contributed by atoms with Crippen molar-refractivity contribution < 1.29 is 0 Å². The van der Waals surface area contributed by atoms with Crippen LogP contribution in [0, 0.1) is 0 Å². The van der Waals surface area contributed by atoms with Crippen LogP contribution < -0.4 is 0 Å². The molecule has 0 saturated carbocycles. The molecule has 0 bridgehead atoms. The van der Waals surface area contributed by atoms with Gasteiger partial charge in [-0.1, -0.05) is 0 Å². The Balaban J connectivity index is 2.68. The van der Waals surface area contributed by atoms with Gasteiger partial charge in [-0.25, -0.2) is 0 Å². The van der Waals surface area contributed by atoms with E-state index in [1.807, 2.05) is 0 Å². The first-order chi connectivity index (χ1) is 2.89. The molecule has 0 spiro atoms. The van der Waals surface area contributed by atoms with Gasteiger partial charge in [0.25, 0.3) is 0 Å². The van der Waals surface area contributed by atoms with E-state index in [2.05, 4.69) is 18.2 Å². The summed E-state index contributed by atoms with van der Waals surface area (Å²) in [4.78, 5) is 0. The summed E-state index contributed by atoms with van der Waals surface area (Å²) in [6.45, 7) is 0. The van der Waals surface area contributed by atoms with Crippen molar-refractivity contribution in [1.82, 2.24) is 0 Å². The molecule has 0 amide bonds. The Morgan fingerprint density at radius 2 is 2.50 bits per heavy atom. The van der Waals surface area contributed by atoms with Crippen molar-refractivity contribution in [2.75, 3.05) is 0 Å². The van der Waals surface area contributed by atoms with Crippen LogP contribution in [0.2, 0.25) is 0 Å². The molecule has 1 rings (SSSR count). The van der Waals surface area contributed by atoms with Gasteiger partial charge in [0.1, 0.15) is 0 Å². The Bertz CT molecular complexity index is 97.8. The molecule has 0 heterocycles. The van der Waals surface area contributed by atoms with Crippen molar-refractivity contribution >= 4 is 16.5 Å². The molecule has 0 fully saturated rings. The van der Waals surface area contributed by atoms with Crippen LogP contribution in [0.1, 0.15) is 6.42 Å². The fraction of sp³-hybridized carbons (Fsp3) is 0.200. The molecule has 1 aliphatic carbocycles. The van der Waals surface area contributed by atoms with E-state index in [1.165, 1.54) is 6.42 Å². The average Bonchev–Trinajstić information content (AvgIpc) is 1.86. The van der Waals surface area contributed by atoms with E-state index < -0.39 is 0 Å². The zero-order valence-electron chi connectivity index (χ0n) is 3.94. The van der Waals surface area contributed by atoms with Gasteiger partial charge < -0.3 is 0 Å². The molecule has 0 aromatic heterocycles. The Labute approximate surface area is 46.2 Å². The molecule has 0 atom stereocenters. The Hall–Kier alpha value is 0.0229. The van der Waals surface area contributed by atoms with Crippen LogP contribution in [-0.2, 0) is 0 Å². The number of rotatable bonds is 0. The van der Waals surface area contributed by atoms with E-state index in [-0.39, 0.29) is 0 Å². The van der Waals surface area contributed by atoms with Crippen LogP contribution in [0.15, 0.2) is 22.6 Å². The zero-order chi connectivity index (χ0) is 4.41. The second-order valence-electron chi connectivity index (χ2n) is 1.59. The van der Waals surface area contributed by atoms with Crippen LogP contribution >= 0.6 is 0 Å². The Morgan fingerprint density at radius 1 is 1.67 bits per heavy atom. The van der Waals surface area contributed by atoms with Gasteiger partial charge in [0.2, 0.25) is 0 Å². The maximum atomic E-state index is 2.29. The number of allylic oxidation sites excluding steroid dienone is 4.